The number of unbranched alkanes of at least 4 members (excludes halogenated alkanes) is 2. The summed E-state index contributed by atoms with van der Waals surface area (Å²) in [5, 5.41) is 10.9. The van der Waals surface area contributed by atoms with Gasteiger partial charge in [-0.25, -0.2) is 0 Å². The van der Waals surface area contributed by atoms with E-state index in [1.54, 1.807) is 17.0 Å². The van der Waals surface area contributed by atoms with Crippen LogP contribution in [0.4, 0.5) is 5.69 Å². The molecule has 41 heavy (non-hydrogen) atoms. The molecule has 0 saturated carbocycles. The molecule has 9 heteroatoms. The number of halogens is 1. The van der Waals surface area contributed by atoms with Crippen molar-refractivity contribution in [2.24, 2.45) is 17.8 Å². The van der Waals surface area contributed by atoms with Gasteiger partial charge in [-0.1, -0.05) is 49.7 Å². The number of amides is 2. The van der Waals surface area contributed by atoms with Crippen LogP contribution >= 0.6 is 11.6 Å². The maximum atomic E-state index is 14.8. The van der Waals surface area contributed by atoms with E-state index in [4.69, 9.17) is 21.1 Å². The molecule has 1 aromatic carbocycles. The quantitative estimate of drug-likeness (QED) is 0.202. The van der Waals surface area contributed by atoms with E-state index in [1.165, 1.54) is 4.90 Å². The molecule has 3 aliphatic heterocycles. The number of ether oxygens (including phenoxy) is 2. The lowest BCUT2D eigenvalue weighted by Crippen LogP contribution is -2.60. The van der Waals surface area contributed by atoms with Crippen LogP contribution in [0, 0.1) is 24.7 Å². The average molecular weight is 587 g/mol. The monoisotopic (exact) mass is 586 g/mol. The molecule has 3 heterocycles. The second kappa shape index (κ2) is 12.3. The first kappa shape index (κ1) is 31.3. The van der Waals surface area contributed by atoms with E-state index in [-0.39, 0.29) is 37.5 Å². The van der Waals surface area contributed by atoms with Crippen LogP contribution in [0.15, 0.2) is 43.5 Å². The minimum atomic E-state index is -1.24. The van der Waals surface area contributed by atoms with Gasteiger partial charge in [0.25, 0.3) is 5.91 Å². The van der Waals surface area contributed by atoms with Crippen molar-refractivity contribution >= 4 is 35.1 Å². The number of anilines is 1. The molecule has 3 fully saturated rings. The van der Waals surface area contributed by atoms with Crippen LogP contribution in [0.3, 0.4) is 0 Å². The largest absolute Gasteiger partial charge is 0.465 e. The van der Waals surface area contributed by atoms with E-state index in [9.17, 15) is 19.5 Å². The number of aliphatic hydroxyl groups excluding tert-OH is 1. The Hall–Kier alpha value is -2.68. The number of likely N-dealkylation sites (tertiary alicyclic amines) is 1. The zero-order valence-electron chi connectivity index (χ0n) is 24.6. The third kappa shape index (κ3) is 5.23. The molecule has 6 atom stereocenters. The first-order chi connectivity index (χ1) is 19.5. The molecule has 1 aromatic rings. The van der Waals surface area contributed by atoms with E-state index in [0.29, 0.717) is 30.0 Å². The highest BCUT2D eigenvalue weighted by Crippen LogP contribution is 2.64. The number of aliphatic hydroxyl groups is 1. The van der Waals surface area contributed by atoms with E-state index in [1.807, 2.05) is 45.9 Å². The summed E-state index contributed by atoms with van der Waals surface area (Å²) >= 11 is 6.62. The molecule has 2 unspecified atom stereocenters. The maximum absolute atomic E-state index is 14.8. The third-order valence-corrected chi connectivity index (χ3v) is 9.40. The van der Waals surface area contributed by atoms with Crippen LogP contribution in [0.25, 0.3) is 0 Å². The number of carbonyl (C=O) groups excluding carboxylic acids is 3. The maximum Gasteiger partial charge on any atom is 0.312 e. The fraction of sp³-hybridized carbons (Fsp3) is 0.594. The predicted octanol–water partition coefficient (Wildman–Crippen LogP) is 4.85. The molecule has 2 amide bonds. The Bertz CT molecular complexity index is 1180. The molecule has 224 valence electrons. The van der Waals surface area contributed by atoms with Crippen molar-refractivity contribution in [3.8, 4) is 0 Å². The number of hydrogen-bond donors (Lipinski definition) is 1. The van der Waals surface area contributed by atoms with E-state index in [2.05, 4.69) is 13.2 Å². The number of para-hydroxylation sites is 1. The van der Waals surface area contributed by atoms with Gasteiger partial charge in [-0.05, 0) is 63.5 Å². The number of hydrogen-bond acceptors (Lipinski definition) is 6. The van der Waals surface area contributed by atoms with Crippen LogP contribution in [-0.2, 0) is 23.9 Å². The number of allylic oxidation sites excluding steroid dienone is 1. The van der Waals surface area contributed by atoms with E-state index < -0.39 is 41.1 Å². The summed E-state index contributed by atoms with van der Waals surface area (Å²) in [4.78, 5) is 45.8. The first-order valence-electron chi connectivity index (χ1n) is 14.6. The highest BCUT2D eigenvalue weighted by atomic mass is 35.5. The van der Waals surface area contributed by atoms with Crippen LogP contribution in [0.2, 0.25) is 5.02 Å². The Labute approximate surface area is 248 Å². The molecule has 1 spiro atoms. The van der Waals surface area contributed by atoms with Crippen molar-refractivity contribution < 1.29 is 29.0 Å². The van der Waals surface area contributed by atoms with Crippen molar-refractivity contribution in [3.05, 3.63) is 54.1 Å². The molecule has 0 aromatic heterocycles. The summed E-state index contributed by atoms with van der Waals surface area (Å²) < 4.78 is 12.4. The summed E-state index contributed by atoms with van der Waals surface area (Å²) in [5.41, 5.74) is -0.863. The lowest BCUT2D eigenvalue weighted by atomic mass is 9.66. The second-order valence-corrected chi connectivity index (χ2v) is 12.5. The molecule has 4 rings (SSSR count). The standard InChI is InChI=1S/C32H43ClN2O6/c1-7-9-10-11-18-40-30(39)25-24-28(37)35(23(19-36)20(3)4)27(32(24)16-15-31(25,6)41-32)29(38)34(17-8-2)26-21(5)13-12-14-22(26)33/h7-8,12-14,20,23-25,27,36H,1-2,9-11,15-19H2,3-6H3/t23-,24-,25+,27?,31-,32?/m0/s1. The smallest absolute Gasteiger partial charge is 0.312 e. The molecule has 1 N–H and O–H groups in total. The zero-order chi connectivity index (χ0) is 30.1. The van der Waals surface area contributed by atoms with Crippen molar-refractivity contribution in [2.75, 3.05) is 24.7 Å². The highest BCUT2D eigenvalue weighted by Gasteiger charge is 2.79. The first-order valence-corrected chi connectivity index (χ1v) is 14.9. The predicted molar refractivity (Wildman–Crippen MR) is 159 cm³/mol. The molecular weight excluding hydrogens is 544 g/mol. The van der Waals surface area contributed by atoms with Crippen molar-refractivity contribution in [1.82, 2.24) is 4.90 Å². The molecular formula is C32H43ClN2O6. The Morgan fingerprint density at radius 3 is 2.61 bits per heavy atom. The fourth-order valence-corrected chi connectivity index (χ4v) is 7.49. The van der Waals surface area contributed by atoms with Gasteiger partial charge in [0.05, 0.1) is 41.5 Å². The molecule has 0 radical (unpaired) electrons. The summed E-state index contributed by atoms with van der Waals surface area (Å²) in [5.74, 6) is -3.13. The number of rotatable bonds is 13. The second-order valence-electron chi connectivity index (χ2n) is 12.1. The molecule has 8 nitrogen and oxygen atoms in total. The fourth-order valence-electron chi connectivity index (χ4n) is 7.16. The summed E-state index contributed by atoms with van der Waals surface area (Å²) in [6.45, 7) is 15.1. The van der Waals surface area contributed by atoms with Crippen molar-refractivity contribution in [3.63, 3.8) is 0 Å². The minimum absolute atomic E-state index is 0.154. The Morgan fingerprint density at radius 1 is 1.27 bits per heavy atom. The third-order valence-electron chi connectivity index (χ3n) is 9.10. The number of fused-ring (bicyclic) bond motifs is 1. The molecule has 3 aliphatic rings. The normalized spacial score (nSPS) is 29.0. The Kier molecular flexibility index (Phi) is 9.36. The molecule has 3 saturated heterocycles. The summed E-state index contributed by atoms with van der Waals surface area (Å²) in [7, 11) is 0. The van der Waals surface area contributed by atoms with Crippen LogP contribution in [-0.4, -0.2) is 70.8 Å². The Morgan fingerprint density at radius 2 is 2.00 bits per heavy atom. The highest BCUT2D eigenvalue weighted by molar-refractivity contribution is 6.34. The SMILES string of the molecule is C=CCCCCOC(=O)[C@H]1[C@H]2C(=O)N([C@@H](CO)C(C)C)C(C(=O)N(CC=C)c3c(C)cccc3Cl)C23CC[C@]1(C)O3. The van der Waals surface area contributed by atoms with Crippen LogP contribution < -0.4 is 4.90 Å². The number of nitrogens with zero attached hydrogens (tertiary/aromatic N) is 2. The topological polar surface area (TPSA) is 96.4 Å². The van der Waals surface area contributed by atoms with E-state index in [0.717, 1.165) is 18.4 Å². The van der Waals surface area contributed by atoms with E-state index >= 15 is 0 Å². The van der Waals surface area contributed by atoms with Crippen molar-refractivity contribution in [2.45, 2.75) is 83.1 Å². The van der Waals surface area contributed by atoms with Gasteiger partial charge in [0.15, 0.2) is 0 Å². The Balaban J connectivity index is 1.79. The number of aryl methyl sites for hydroxylation is 1. The van der Waals surface area contributed by atoms with Gasteiger partial charge in [0.2, 0.25) is 5.91 Å². The van der Waals surface area contributed by atoms with Crippen molar-refractivity contribution in [1.29, 1.82) is 0 Å². The average Bonchev–Trinajstić information content (AvgIpc) is 3.48. The van der Waals surface area contributed by atoms with Gasteiger partial charge in [-0.3, -0.25) is 14.4 Å². The lowest BCUT2D eigenvalue weighted by Gasteiger charge is -2.41. The van der Waals surface area contributed by atoms with Gasteiger partial charge in [0, 0.05) is 6.54 Å². The number of esters is 1. The van der Waals surface area contributed by atoms with Crippen LogP contribution in [0.1, 0.15) is 58.4 Å². The number of carbonyl (C=O) groups is 3. The lowest BCUT2D eigenvalue weighted by molar-refractivity contribution is -0.161. The molecule has 2 bridgehead atoms. The van der Waals surface area contributed by atoms with Gasteiger partial charge in [-0.2, -0.15) is 0 Å². The van der Waals surface area contributed by atoms with Gasteiger partial charge < -0.3 is 24.4 Å². The molecule has 0 aliphatic carbocycles. The minimum Gasteiger partial charge on any atom is -0.465 e. The van der Waals surface area contributed by atoms with Gasteiger partial charge in [-0.15, -0.1) is 13.2 Å². The zero-order valence-corrected chi connectivity index (χ0v) is 25.4. The summed E-state index contributed by atoms with van der Waals surface area (Å²) in [6.07, 6.45) is 6.73. The van der Waals surface area contributed by atoms with Gasteiger partial charge in [0.1, 0.15) is 17.6 Å². The summed E-state index contributed by atoms with van der Waals surface area (Å²) in [6, 6.07) is 3.68. The van der Waals surface area contributed by atoms with Gasteiger partial charge >= 0.3 is 5.97 Å². The number of benzene rings is 1. The van der Waals surface area contributed by atoms with Crippen LogP contribution in [0.5, 0.6) is 0 Å².